The van der Waals surface area contributed by atoms with E-state index in [2.05, 4.69) is 60.4 Å². The van der Waals surface area contributed by atoms with Gasteiger partial charge in [0.1, 0.15) is 0 Å². The molecule has 101 valence electrons. The number of aromatic nitrogens is 1. The van der Waals surface area contributed by atoms with Gasteiger partial charge in [-0.3, -0.25) is 4.98 Å². The summed E-state index contributed by atoms with van der Waals surface area (Å²) in [6.07, 6.45) is 1.83. The Morgan fingerprint density at radius 1 is 0.700 bits per heavy atom. The molecule has 0 amide bonds. The van der Waals surface area contributed by atoms with E-state index in [-0.39, 0.29) is 20.1 Å². The predicted octanol–water partition coefficient (Wildman–Crippen LogP) is 4.72. The van der Waals surface area contributed by atoms with Crippen molar-refractivity contribution >= 4 is 0 Å². The first-order valence-electron chi connectivity index (χ1n) is 6.42. The van der Waals surface area contributed by atoms with Gasteiger partial charge in [-0.15, -0.1) is 0 Å². The molecule has 0 spiro atoms. The molecular weight excluding hydrogens is 422 g/mol. The zero-order valence-electron chi connectivity index (χ0n) is 11.2. The van der Waals surface area contributed by atoms with Gasteiger partial charge in [-0.25, -0.2) is 0 Å². The van der Waals surface area contributed by atoms with Crippen molar-refractivity contribution in [3.8, 4) is 22.4 Å². The van der Waals surface area contributed by atoms with Crippen molar-refractivity contribution in [2.75, 3.05) is 0 Å². The third-order valence-corrected chi connectivity index (χ3v) is 3.23. The van der Waals surface area contributed by atoms with E-state index in [9.17, 15) is 0 Å². The number of benzene rings is 2. The van der Waals surface area contributed by atoms with Crippen molar-refractivity contribution in [3.63, 3.8) is 0 Å². The maximum atomic E-state index is 4.45. The second-order valence-electron chi connectivity index (χ2n) is 4.63. The molecular formula is C18H15IrN. The van der Waals surface area contributed by atoms with E-state index >= 15 is 0 Å². The Balaban J connectivity index is 0.00000147. The summed E-state index contributed by atoms with van der Waals surface area (Å²) in [7, 11) is 0. The van der Waals surface area contributed by atoms with E-state index in [0.717, 1.165) is 5.69 Å². The van der Waals surface area contributed by atoms with Gasteiger partial charge in [-0.1, -0.05) is 60.2 Å². The van der Waals surface area contributed by atoms with E-state index < -0.39 is 0 Å². The van der Waals surface area contributed by atoms with E-state index in [1.807, 2.05) is 24.4 Å². The molecule has 0 saturated carbocycles. The number of nitrogens with zero attached hydrogens (tertiary/aromatic N) is 1. The van der Waals surface area contributed by atoms with Crippen molar-refractivity contribution in [1.82, 2.24) is 4.98 Å². The zero-order valence-corrected chi connectivity index (χ0v) is 13.6. The van der Waals surface area contributed by atoms with Crippen molar-refractivity contribution in [2.24, 2.45) is 0 Å². The summed E-state index contributed by atoms with van der Waals surface area (Å²) >= 11 is 0. The van der Waals surface area contributed by atoms with Gasteiger partial charge < -0.3 is 0 Å². The molecule has 0 aliphatic rings. The zero-order chi connectivity index (χ0) is 13.1. The molecule has 0 aliphatic carbocycles. The number of pyridine rings is 1. The summed E-state index contributed by atoms with van der Waals surface area (Å²) in [4.78, 5) is 4.45. The molecule has 2 aromatic carbocycles. The van der Waals surface area contributed by atoms with Gasteiger partial charge in [0, 0.05) is 31.9 Å². The van der Waals surface area contributed by atoms with E-state index in [0.29, 0.717) is 0 Å². The maximum absolute atomic E-state index is 4.45. The van der Waals surface area contributed by atoms with Crippen LogP contribution in [0.3, 0.4) is 0 Å². The Labute approximate surface area is 133 Å². The van der Waals surface area contributed by atoms with Crippen molar-refractivity contribution in [2.45, 2.75) is 6.92 Å². The molecule has 0 bridgehead atoms. The minimum Gasteiger partial charge on any atom is -0.256 e. The van der Waals surface area contributed by atoms with Gasteiger partial charge >= 0.3 is 0 Å². The first-order chi connectivity index (χ1) is 9.34. The number of hydrogen-bond acceptors (Lipinski definition) is 1. The smallest absolute Gasteiger partial charge is 0.0708 e. The maximum Gasteiger partial charge on any atom is 0.0708 e. The molecule has 0 saturated heterocycles. The summed E-state index contributed by atoms with van der Waals surface area (Å²) in [6, 6.07) is 23.0. The molecule has 0 fully saturated rings. The van der Waals surface area contributed by atoms with Gasteiger partial charge in [0.25, 0.3) is 0 Å². The van der Waals surface area contributed by atoms with Gasteiger partial charge in [0.2, 0.25) is 0 Å². The Bertz CT molecular complexity index is 675. The molecule has 3 rings (SSSR count). The van der Waals surface area contributed by atoms with Crippen molar-refractivity contribution < 1.29 is 20.1 Å². The fourth-order valence-electron chi connectivity index (χ4n) is 2.21. The summed E-state index contributed by atoms with van der Waals surface area (Å²) < 4.78 is 0. The van der Waals surface area contributed by atoms with Crippen LogP contribution in [0.5, 0.6) is 0 Å². The molecule has 1 heterocycles. The van der Waals surface area contributed by atoms with Crippen LogP contribution in [0, 0.1) is 6.92 Å². The average molecular weight is 438 g/mol. The van der Waals surface area contributed by atoms with E-state index in [1.54, 1.807) is 0 Å². The molecule has 3 aromatic rings. The number of hydrogen-bond donors (Lipinski definition) is 0. The Kier molecular flexibility index (Phi) is 4.83. The fourth-order valence-corrected chi connectivity index (χ4v) is 2.21. The van der Waals surface area contributed by atoms with Crippen LogP contribution >= 0.6 is 0 Å². The first-order valence-corrected chi connectivity index (χ1v) is 6.42. The summed E-state index contributed by atoms with van der Waals surface area (Å²) in [5, 5.41) is 0. The quantitative estimate of drug-likeness (QED) is 0.565. The van der Waals surface area contributed by atoms with Crippen LogP contribution < -0.4 is 0 Å². The Morgan fingerprint density at radius 2 is 1.35 bits per heavy atom. The van der Waals surface area contributed by atoms with Gasteiger partial charge in [0.05, 0.1) is 5.69 Å². The molecule has 0 aliphatic heterocycles. The van der Waals surface area contributed by atoms with Crippen LogP contribution in [-0.2, 0) is 20.1 Å². The van der Waals surface area contributed by atoms with Gasteiger partial charge in [0.15, 0.2) is 0 Å². The molecule has 0 N–H and O–H groups in total. The van der Waals surface area contributed by atoms with Crippen molar-refractivity contribution in [1.29, 1.82) is 0 Å². The normalized spacial score (nSPS) is 9.85. The number of aryl methyl sites for hydroxylation is 1. The molecule has 0 unspecified atom stereocenters. The van der Waals surface area contributed by atoms with E-state index in [4.69, 9.17) is 0 Å². The average Bonchev–Trinajstić information content (AvgIpc) is 2.49. The Morgan fingerprint density at radius 3 is 2.00 bits per heavy atom. The van der Waals surface area contributed by atoms with E-state index in [1.165, 1.54) is 22.3 Å². The van der Waals surface area contributed by atoms with Crippen LogP contribution in [-0.4, -0.2) is 4.98 Å². The molecule has 0 atom stereocenters. The van der Waals surface area contributed by atoms with Crippen molar-refractivity contribution in [3.05, 3.63) is 78.5 Å². The Hall–Kier alpha value is -1.76. The third-order valence-electron chi connectivity index (χ3n) is 3.23. The predicted molar refractivity (Wildman–Crippen MR) is 79.8 cm³/mol. The molecule has 1 nitrogen and oxygen atoms in total. The molecule has 1 radical (unpaired) electrons. The molecule has 20 heavy (non-hydrogen) atoms. The second kappa shape index (κ2) is 6.60. The van der Waals surface area contributed by atoms with Crippen LogP contribution in [0.2, 0.25) is 0 Å². The number of rotatable bonds is 2. The van der Waals surface area contributed by atoms with Crippen LogP contribution in [0.15, 0.2) is 72.9 Å². The monoisotopic (exact) mass is 438 g/mol. The minimum atomic E-state index is 0. The molecule has 1 aromatic heterocycles. The first kappa shape index (κ1) is 14.6. The third kappa shape index (κ3) is 3.04. The standard InChI is InChI=1S/C18H15N.Ir/c1-14-9-11-15(12-10-14)16-6-2-3-7-17(16)18-8-4-5-13-19-18;/h2-13H,1H3;. The van der Waals surface area contributed by atoms with Crippen LogP contribution in [0.1, 0.15) is 5.56 Å². The minimum absolute atomic E-state index is 0. The SMILES string of the molecule is Cc1ccc(-c2ccccc2-c2ccccn2)cc1.[Ir]. The van der Waals surface area contributed by atoms with Crippen LogP contribution in [0.25, 0.3) is 22.4 Å². The largest absolute Gasteiger partial charge is 0.256 e. The summed E-state index contributed by atoms with van der Waals surface area (Å²) in [6.45, 7) is 2.11. The van der Waals surface area contributed by atoms with Crippen LogP contribution in [0.4, 0.5) is 0 Å². The second-order valence-corrected chi connectivity index (χ2v) is 4.63. The van der Waals surface area contributed by atoms with Gasteiger partial charge in [-0.05, 0) is 30.2 Å². The topological polar surface area (TPSA) is 12.9 Å². The summed E-state index contributed by atoms with van der Waals surface area (Å²) in [5.74, 6) is 0. The summed E-state index contributed by atoms with van der Waals surface area (Å²) in [5.41, 5.74) is 5.91. The fraction of sp³-hybridized carbons (Fsp3) is 0.0556. The van der Waals surface area contributed by atoms with Gasteiger partial charge in [-0.2, -0.15) is 0 Å². The molecule has 2 heteroatoms.